The van der Waals surface area contributed by atoms with Crippen molar-refractivity contribution in [3.63, 3.8) is 0 Å². The van der Waals surface area contributed by atoms with E-state index in [1.165, 1.54) is 33.3 Å². The fourth-order valence-corrected chi connectivity index (χ4v) is 3.35. The second kappa shape index (κ2) is 10.6. The number of halogens is 4. The largest absolute Gasteiger partial charge is 0.468 e. The molecule has 1 unspecified atom stereocenters. The van der Waals surface area contributed by atoms with Gasteiger partial charge in [0.05, 0.1) is 30.5 Å². The van der Waals surface area contributed by atoms with Crippen LogP contribution in [0, 0.1) is 6.92 Å². The molecule has 0 spiro atoms. The Morgan fingerprint density at radius 2 is 1.87 bits per heavy atom. The highest BCUT2D eigenvalue weighted by Crippen LogP contribution is 2.35. The monoisotopic (exact) mass is 458 g/mol. The van der Waals surface area contributed by atoms with Crippen LogP contribution in [0.4, 0.5) is 13.2 Å². The number of carbonyl (C=O) groups is 1. The first kappa shape index (κ1) is 24.6. The number of rotatable bonds is 8. The molecule has 0 heterocycles. The van der Waals surface area contributed by atoms with Crippen LogP contribution in [-0.2, 0) is 32.0 Å². The lowest BCUT2D eigenvalue weighted by Crippen LogP contribution is -2.30. The molecule has 31 heavy (non-hydrogen) atoms. The van der Waals surface area contributed by atoms with Crippen LogP contribution in [0.5, 0.6) is 0 Å². The van der Waals surface area contributed by atoms with Gasteiger partial charge in [0.15, 0.2) is 6.04 Å². The number of hydrogen-bond donors (Lipinski definition) is 1. The highest BCUT2D eigenvalue weighted by atomic mass is 35.5. The molecule has 1 N–H and O–H groups in total. The molecule has 0 saturated carbocycles. The maximum atomic E-state index is 13.3. The average Bonchev–Trinajstić information content (AvgIpc) is 2.71. The van der Waals surface area contributed by atoms with Crippen LogP contribution < -0.4 is 5.48 Å². The number of oxime groups is 1. The van der Waals surface area contributed by atoms with Crippen molar-refractivity contribution in [2.75, 3.05) is 14.2 Å². The van der Waals surface area contributed by atoms with E-state index in [-0.39, 0.29) is 22.9 Å². The number of alkyl halides is 3. The Morgan fingerprint density at radius 1 is 1.19 bits per heavy atom. The topological polar surface area (TPSA) is 69.2 Å². The minimum Gasteiger partial charge on any atom is -0.468 e. The fourth-order valence-electron chi connectivity index (χ4n) is 3.03. The zero-order chi connectivity index (χ0) is 23.2. The highest BCUT2D eigenvalue weighted by Gasteiger charge is 2.35. The number of methoxy groups -OCH3 is 1. The van der Waals surface area contributed by atoms with Crippen LogP contribution >= 0.6 is 11.6 Å². The number of hydroxylamine groups is 1. The first-order chi connectivity index (χ1) is 14.6. The van der Waals surface area contributed by atoms with E-state index >= 15 is 0 Å². The smallest absolute Gasteiger partial charge is 0.417 e. The van der Waals surface area contributed by atoms with Gasteiger partial charge in [0.25, 0.3) is 0 Å². The molecule has 0 saturated heterocycles. The van der Waals surface area contributed by atoms with Crippen molar-refractivity contribution in [1.29, 1.82) is 0 Å². The van der Waals surface area contributed by atoms with Crippen molar-refractivity contribution >= 4 is 23.3 Å². The summed E-state index contributed by atoms with van der Waals surface area (Å²) in [5.41, 5.74) is 3.28. The normalized spacial score (nSPS) is 13.1. The van der Waals surface area contributed by atoms with Crippen LogP contribution in [0.1, 0.15) is 40.8 Å². The maximum absolute atomic E-state index is 13.3. The van der Waals surface area contributed by atoms with E-state index in [0.717, 1.165) is 11.6 Å². The predicted molar refractivity (Wildman–Crippen MR) is 110 cm³/mol. The highest BCUT2D eigenvalue weighted by molar-refractivity contribution is 6.34. The molecule has 0 bridgehead atoms. The number of benzene rings is 2. The molecule has 10 heteroatoms. The standard InChI is InChI=1S/C21H22ClF3N2O4/c1-12-7-5-8-14(19(27-30-4)20(28)29-3)15(12)11-31-26-13(2)18-16(21(23,24)25)9-6-10-17(18)22/h5-10,19,27H,11H2,1-4H3/b26-13+. The van der Waals surface area contributed by atoms with Gasteiger partial charge in [-0.2, -0.15) is 18.7 Å². The summed E-state index contributed by atoms with van der Waals surface area (Å²) in [5.74, 6) is -0.584. The molecule has 1 atom stereocenters. The van der Waals surface area contributed by atoms with E-state index < -0.39 is 23.8 Å². The van der Waals surface area contributed by atoms with Gasteiger partial charge in [0.1, 0.15) is 6.61 Å². The molecule has 0 amide bonds. The number of carbonyl (C=O) groups excluding carboxylic acids is 1. The number of ether oxygens (including phenoxy) is 1. The number of hydrogen-bond acceptors (Lipinski definition) is 6. The van der Waals surface area contributed by atoms with Crippen LogP contribution in [0.25, 0.3) is 0 Å². The van der Waals surface area contributed by atoms with Crippen molar-refractivity contribution in [2.24, 2.45) is 5.16 Å². The van der Waals surface area contributed by atoms with Crippen molar-refractivity contribution < 1.29 is 32.4 Å². The second-order valence-corrected chi connectivity index (χ2v) is 6.94. The fraction of sp³-hybridized carbons (Fsp3) is 0.333. The molecule has 0 aromatic heterocycles. The summed E-state index contributed by atoms with van der Waals surface area (Å²) in [5, 5.41) is 3.75. The van der Waals surface area contributed by atoms with Gasteiger partial charge in [-0.25, -0.2) is 4.79 Å². The minimum atomic E-state index is -4.60. The van der Waals surface area contributed by atoms with E-state index in [1.807, 2.05) is 0 Å². The summed E-state index contributed by atoms with van der Waals surface area (Å²) in [6, 6.07) is 7.80. The van der Waals surface area contributed by atoms with Gasteiger partial charge in [-0.1, -0.05) is 41.0 Å². The second-order valence-electron chi connectivity index (χ2n) is 6.53. The summed E-state index contributed by atoms with van der Waals surface area (Å²) < 4.78 is 44.8. The molecular formula is C21H22ClF3N2O4. The van der Waals surface area contributed by atoms with Crippen molar-refractivity contribution in [3.8, 4) is 0 Å². The van der Waals surface area contributed by atoms with Crippen LogP contribution in [-0.4, -0.2) is 25.9 Å². The lowest BCUT2D eigenvalue weighted by molar-refractivity contribution is -0.147. The summed E-state index contributed by atoms with van der Waals surface area (Å²) >= 11 is 5.99. The summed E-state index contributed by atoms with van der Waals surface area (Å²) in [4.78, 5) is 22.4. The Labute approximate surface area is 182 Å². The van der Waals surface area contributed by atoms with Gasteiger partial charge in [0.2, 0.25) is 0 Å². The Hall–Kier alpha value is -2.62. The van der Waals surface area contributed by atoms with E-state index in [2.05, 4.69) is 10.6 Å². The van der Waals surface area contributed by atoms with E-state index in [9.17, 15) is 18.0 Å². The van der Waals surface area contributed by atoms with Crippen LogP contribution in [0.15, 0.2) is 41.6 Å². The van der Waals surface area contributed by atoms with E-state index in [0.29, 0.717) is 11.1 Å². The quantitative estimate of drug-likeness (QED) is 0.343. The molecule has 2 rings (SSSR count). The Morgan fingerprint density at radius 3 is 2.48 bits per heavy atom. The third kappa shape index (κ3) is 5.96. The molecule has 0 aliphatic carbocycles. The maximum Gasteiger partial charge on any atom is 0.417 e. The molecular weight excluding hydrogens is 437 g/mol. The average molecular weight is 459 g/mol. The van der Waals surface area contributed by atoms with Crippen LogP contribution in [0.3, 0.4) is 0 Å². The third-order valence-corrected chi connectivity index (χ3v) is 4.84. The Kier molecular flexibility index (Phi) is 8.43. The van der Waals surface area contributed by atoms with Crippen molar-refractivity contribution in [1.82, 2.24) is 5.48 Å². The Bertz CT molecular complexity index is 964. The van der Waals surface area contributed by atoms with Crippen molar-refractivity contribution in [2.45, 2.75) is 32.7 Å². The zero-order valence-electron chi connectivity index (χ0n) is 17.3. The molecule has 6 nitrogen and oxygen atoms in total. The summed E-state index contributed by atoms with van der Waals surface area (Å²) in [6.07, 6.45) is -4.60. The zero-order valence-corrected chi connectivity index (χ0v) is 18.1. The minimum absolute atomic E-state index is 0.0346. The molecule has 0 aliphatic heterocycles. The first-order valence-corrected chi connectivity index (χ1v) is 9.47. The lowest BCUT2D eigenvalue weighted by Gasteiger charge is -2.20. The van der Waals surface area contributed by atoms with Gasteiger partial charge in [-0.15, -0.1) is 0 Å². The summed E-state index contributed by atoms with van der Waals surface area (Å²) in [7, 11) is 2.60. The van der Waals surface area contributed by atoms with Gasteiger partial charge < -0.3 is 14.4 Å². The number of esters is 1. The lowest BCUT2D eigenvalue weighted by atomic mass is 9.97. The van der Waals surface area contributed by atoms with Gasteiger partial charge in [0, 0.05) is 11.1 Å². The predicted octanol–water partition coefficient (Wildman–Crippen LogP) is 4.97. The van der Waals surface area contributed by atoms with E-state index in [1.54, 1.807) is 25.1 Å². The van der Waals surface area contributed by atoms with E-state index in [4.69, 9.17) is 26.0 Å². The molecule has 0 aliphatic rings. The molecule has 0 fully saturated rings. The van der Waals surface area contributed by atoms with Gasteiger partial charge >= 0.3 is 12.1 Å². The van der Waals surface area contributed by atoms with Gasteiger partial charge in [-0.05, 0) is 37.1 Å². The molecule has 2 aromatic rings. The molecule has 168 valence electrons. The van der Waals surface area contributed by atoms with Gasteiger partial charge in [-0.3, -0.25) is 0 Å². The first-order valence-electron chi connectivity index (χ1n) is 9.09. The molecule has 0 radical (unpaired) electrons. The van der Waals surface area contributed by atoms with Crippen LogP contribution in [0.2, 0.25) is 5.02 Å². The number of nitrogens with zero attached hydrogens (tertiary/aromatic N) is 1. The number of nitrogens with one attached hydrogen (secondary N) is 1. The number of aryl methyl sites for hydroxylation is 1. The SMILES string of the molecule is CONC(C(=O)OC)c1cccc(C)c1CO/N=C(\C)c1c(Cl)cccc1C(F)(F)F. The van der Waals surface area contributed by atoms with Crippen molar-refractivity contribution in [3.05, 3.63) is 69.2 Å². The molecule has 2 aromatic carbocycles. The summed E-state index contributed by atoms with van der Waals surface area (Å²) in [6.45, 7) is 3.07. The third-order valence-electron chi connectivity index (χ3n) is 4.52. The Balaban J connectivity index is 2.35.